The zero-order valence-corrected chi connectivity index (χ0v) is 16.4. The van der Waals surface area contributed by atoms with Crippen LogP contribution in [0.3, 0.4) is 0 Å². The molecule has 0 spiro atoms. The smallest absolute Gasteiger partial charge is 0.193 e. The number of nitrogens with zero attached hydrogens (tertiary/aromatic N) is 3. The van der Waals surface area contributed by atoms with Gasteiger partial charge in [0, 0.05) is 26.2 Å². The van der Waals surface area contributed by atoms with E-state index in [4.69, 9.17) is 4.99 Å². The largest absolute Gasteiger partial charge is 0.357 e. The Morgan fingerprint density at radius 3 is 2.43 bits per heavy atom. The molecule has 0 atom stereocenters. The minimum Gasteiger partial charge on any atom is -0.357 e. The Balaban J connectivity index is 0.00000220. The third-order valence-electron chi connectivity index (χ3n) is 4.44. The summed E-state index contributed by atoms with van der Waals surface area (Å²) >= 11 is 0. The molecule has 5 heteroatoms. The van der Waals surface area contributed by atoms with Crippen molar-refractivity contribution in [3.05, 3.63) is 0 Å². The summed E-state index contributed by atoms with van der Waals surface area (Å²) < 4.78 is 0. The maximum atomic E-state index is 4.84. The first kappa shape index (κ1) is 19.0. The predicted molar refractivity (Wildman–Crippen MR) is 102 cm³/mol. The molecule has 2 aliphatic heterocycles. The van der Waals surface area contributed by atoms with Crippen LogP contribution in [-0.4, -0.2) is 61.6 Å². The summed E-state index contributed by atoms with van der Waals surface area (Å²) in [5.41, 5.74) is 0.434. The molecule has 2 fully saturated rings. The number of nitrogens with one attached hydrogen (secondary N) is 1. The zero-order valence-electron chi connectivity index (χ0n) is 14.0. The van der Waals surface area contributed by atoms with Crippen LogP contribution in [0.25, 0.3) is 0 Å². The van der Waals surface area contributed by atoms with E-state index in [0.29, 0.717) is 5.41 Å². The van der Waals surface area contributed by atoms with Crippen LogP contribution in [0.5, 0.6) is 0 Å². The molecule has 0 bridgehead atoms. The maximum Gasteiger partial charge on any atom is 0.193 e. The van der Waals surface area contributed by atoms with Gasteiger partial charge in [-0.3, -0.25) is 4.99 Å². The van der Waals surface area contributed by atoms with E-state index in [9.17, 15) is 0 Å². The Hall–Kier alpha value is -0.0400. The normalized spacial score (nSPS) is 23.0. The van der Waals surface area contributed by atoms with E-state index >= 15 is 0 Å². The second-order valence-electron chi connectivity index (χ2n) is 6.97. The van der Waals surface area contributed by atoms with Crippen molar-refractivity contribution in [1.29, 1.82) is 0 Å². The lowest BCUT2D eigenvalue weighted by atomic mass is 9.93. The molecule has 0 amide bonds. The first-order chi connectivity index (χ1) is 9.61. The Morgan fingerprint density at radius 1 is 1.14 bits per heavy atom. The molecule has 0 radical (unpaired) electrons. The summed E-state index contributed by atoms with van der Waals surface area (Å²) in [5, 5.41) is 3.46. The highest BCUT2D eigenvalue weighted by molar-refractivity contribution is 14.0. The van der Waals surface area contributed by atoms with Gasteiger partial charge < -0.3 is 15.1 Å². The van der Waals surface area contributed by atoms with Gasteiger partial charge in [0.05, 0.1) is 6.54 Å². The van der Waals surface area contributed by atoms with Gasteiger partial charge in [-0.05, 0) is 44.7 Å². The van der Waals surface area contributed by atoms with Crippen molar-refractivity contribution in [1.82, 2.24) is 15.1 Å². The van der Waals surface area contributed by atoms with E-state index in [1.54, 1.807) is 0 Å². The maximum absolute atomic E-state index is 4.84. The van der Waals surface area contributed by atoms with Crippen LogP contribution in [0.15, 0.2) is 4.99 Å². The standard InChI is InChI=1S/C16H32N4.HI/c1-4-17-15(20-12-8-16(2,3)14-20)18-9-13-19-10-6-5-7-11-19;/h4-14H2,1-3H3,(H,17,18);1H. The van der Waals surface area contributed by atoms with Crippen molar-refractivity contribution >= 4 is 29.9 Å². The summed E-state index contributed by atoms with van der Waals surface area (Å²) in [6, 6.07) is 0. The van der Waals surface area contributed by atoms with Crippen LogP contribution in [-0.2, 0) is 0 Å². The molecule has 1 N–H and O–H groups in total. The quantitative estimate of drug-likeness (QED) is 0.441. The van der Waals surface area contributed by atoms with Gasteiger partial charge in [0.15, 0.2) is 5.96 Å². The fraction of sp³-hybridized carbons (Fsp3) is 0.938. The number of likely N-dealkylation sites (tertiary alicyclic amines) is 2. The molecule has 0 unspecified atom stereocenters. The van der Waals surface area contributed by atoms with Crippen LogP contribution in [0.1, 0.15) is 46.5 Å². The molecule has 2 heterocycles. The highest BCUT2D eigenvalue weighted by Crippen LogP contribution is 2.28. The van der Waals surface area contributed by atoms with Crippen molar-refractivity contribution < 1.29 is 0 Å². The summed E-state index contributed by atoms with van der Waals surface area (Å²) in [5.74, 6) is 1.12. The fourth-order valence-electron chi connectivity index (χ4n) is 3.20. The van der Waals surface area contributed by atoms with Gasteiger partial charge in [-0.15, -0.1) is 24.0 Å². The number of guanidine groups is 1. The van der Waals surface area contributed by atoms with E-state index in [-0.39, 0.29) is 24.0 Å². The lowest BCUT2D eigenvalue weighted by molar-refractivity contribution is 0.235. The zero-order chi connectivity index (χ0) is 14.4. The van der Waals surface area contributed by atoms with E-state index in [1.165, 1.54) is 38.8 Å². The third-order valence-corrected chi connectivity index (χ3v) is 4.44. The molecule has 0 aromatic rings. The molecular formula is C16H33IN4. The Morgan fingerprint density at radius 2 is 1.86 bits per heavy atom. The number of halogens is 1. The van der Waals surface area contributed by atoms with Crippen LogP contribution in [0.2, 0.25) is 0 Å². The van der Waals surface area contributed by atoms with Gasteiger partial charge >= 0.3 is 0 Å². The van der Waals surface area contributed by atoms with Crippen molar-refractivity contribution in [3.8, 4) is 0 Å². The lowest BCUT2D eigenvalue weighted by Gasteiger charge is -2.26. The molecule has 0 aliphatic carbocycles. The van der Waals surface area contributed by atoms with Crippen LogP contribution >= 0.6 is 24.0 Å². The first-order valence-electron chi connectivity index (χ1n) is 8.36. The van der Waals surface area contributed by atoms with Gasteiger partial charge in [-0.25, -0.2) is 0 Å². The first-order valence-corrected chi connectivity index (χ1v) is 8.36. The second kappa shape index (κ2) is 9.18. The van der Waals surface area contributed by atoms with Gasteiger partial charge in [-0.2, -0.15) is 0 Å². The minimum atomic E-state index is 0. The average Bonchev–Trinajstić information content (AvgIpc) is 2.79. The van der Waals surface area contributed by atoms with E-state index < -0.39 is 0 Å². The molecule has 4 nitrogen and oxygen atoms in total. The van der Waals surface area contributed by atoms with Crippen molar-refractivity contribution in [3.63, 3.8) is 0 Å². The Kier molecular flexibility index (Phi) is 8.31. The Bertz CT molecular complexity index is 324. The Labute approximate surface area is 147 Å². The highest BCUT2D eigenvalue weighted by Gasteiger charge is 2.30. The summed E-state index contributed by atoms with van der Waals surface area (Å²) in [6.07, 6.45) is 5.41. The molecule has 2 aliphatic rings. The van der Waals surface area contributed by atoms with Gasteiger partial charge in [0.1, 0.15) is 0 Å². The summed E-state index contributed by atoms with van der Waals surface area (Å²) in [4.78, 5) is 9.84. The number of hydrogen-bond acceptors (Lipinski definition) is 2. The number of aliphatic imine (C=N–C) groups is 1. The molecule has 21 heavy (non-hydrogen) atoms. The monoisotopic (exact) mass is 408 g/mol. The second-order valence-corrected chi connectivity index (χ2v) is 6.97. The predicted octanol–water partition coefficient (Wildman–Crippen LogP) is 2.79. The highest BCUT2D eigenvalue weighted by atomic mass is 127. The molecule has 0 aromatic carbocycles. The number of hydrogen-bond donors (Lipinski definition) is 1. The molecule has 0 aromatic heterocycles. The average molecular weight is 408 g/mol. The third kappa shape index (κ3) is 6.30. The molecule has 2 saturated heterocycles. The fourth-order valence-corrected chi connectivity index (χ4v) is 3.20. The topological polar surface area (TPSA) is 30.9 Å². The van der Waals surface area contributed by atoms with Crippen molar-refractivity contribution in [2.75, 3.05) is 45.8 Å². The van der Waals surface area contributed by atoms with Gasteiger partial charge in [-0.1, -0.05) is 20.3 Å². The van der Waals surface area contributed by atoms with Crippen LogP contribution < -0.4 is 5.32 Å². The van der Waals surface area contributed by atoms with Crippen molar-refractivity contribution in [2.24, 2.45) is 10.4 Å². The van der Waals surface area contributed by atoms with Crippen LogP contribution in [0.4, 0.5) is 0 Å². The molecular weight excluding hydrogens is 375 g/mol. The van der Waals surface area contributed by atoms with E-state index in [0.717, 1.165) is 38.7 Å². The summed E-state index contributed by atoms with van der Waals surface area (Å²) in [6.45, 7) is 14.7. The van der Waals surface area contributed by atoms with Gasteiger partial charge in [0.25, 0.3) is 0 Å². The van der Waals surface area contributed by atoms with Gasteiger partial charge in [0.2, 0.25) is 0 Å². The van der Waals surface area contributed by atoms with E-state index in [1.807, 2.05) is 0 Å². The molecule has 0 saturated carbocycles. The molecule has 124 valence electrons. The SMILES string of the molecule is CCNC(=NCCN1CCCCC1)N1CCC(C)(C)C1.I. The lowest BCUT2D eigenvalue weighted by Crippen LogP contribution is -2.41. The number of rotatable bonds is 4. The van der Waals surface area contributed by atoms with Crippen LogP contribution in [0, 0.1) is 5.41 Å². The van der Waals surface area contributed by atoms with E-state index in [2.05, 4.69) is 35.9 Å². The van der Waals surface area contributed by atoms with Crippen molar-refractivity contribution in [2.45, 2.75) is 46.5 Å². The summed E-state index contributed by atoms with van der Waals surface area (Å²) in [7, 11) is 0. The minimum absolute atomic E-state index is 0. The molecule has 2 rings (SSSR count). The number of piperidine rings is 1.